The maximum atomic E-state index is 12.1. The molecule has 0 aliphatic rings. The lowest BCUT2D eigenvalue weighted by molar-refractivity contribution is -0.131. The number of hydrogen-bond acceptors (Lipinski definition) is 6. The summed E-state index contributed by atoms with van der Waals surface area (Å²) < 4.78 is 10.1. The minimum atomic E-state index is -1.24. The average molecular weight is 383 g/mol. The van der Waals surface area contributed by atoms with Crippen LogP contribution in [0.25, 0.3) is 0 Å². The third-order valence-electron chi connectivity index (χ3n) is 3.49. The van der Waals surface area contributed by atoms with E-state index in [0.29, 0.717) is 23.1 Å². The highest BCUT2D eigenvalue weighted by molar-refractivity contribution is 6.03. The SMILES string of the molecule is COc1cccc(C(=O)COC(=O)c2ccc(NC(=O)C=CC(=O)O)cc2)c1. The summed E-state index contributed by atoms with van der Waals surface area (Å²) in [6.07, 6.45) is 1.58. The van der Waals surface area contributed by atoms with E-state index < -0.39 is 24.5 Å². The van der Waals surface area contributed by atoms with E-state index in [1.54, 1.807) is 24.3 Å². The molecule has 0 aliphatic heterocycles. The quantitative estimate of drug-likeness (QED) is 0.408. The molecule has 0 saturated carbocycles. The minimum Gasteiger partial charge on any atom is -0.497 e. The maximum absolute atomic E-state index is 12.1. The van der Waals surface area contributed by atoms with Gasteiger partial charge in [-0.15, -0.1) is 0 Å². The molecule has 2 rings (SSSR count). The number of carbonyl (C=O) groups is 4. The number of aliphatic carboxylic acids is 1. The summed E-state index contributed by atoms with van der Waals surface area (Å²) in [6.45, 7) is -0.426. The third kappa shape index (κ3) is 6.10. The number of amides is 1. The Hall–Kier alpha value is -3.94. The lowest BCUT2D eigenvalue weighted by Gasteiger charge is -2.07. The maximum Gasteiger partial charge on any atom is 0.338 e. The van der Waals surface area contributed by atoms with Gasteiger partial charge >= 0.3 is 11.9 Å². The number of hydrogen-bond donors (Lipinski definition) is 2. The predicted molar refractivity (Wildman–Crippen MR) is 99.5 cm³/mol. The van der Waals surface area contributed by atoms with E-state index in [1.165, 1.54) is 31.4 Å². The summed E-state index contributed by atoms with van der Waals surface area (Å²) in [4.78, 5) is 46.0. The largest absolute Gasteiger partial charge is 0.497 e. The summed E-state index contributed by atoms with van der Waals surface area (Å²) in [5, 5.41) is 10.9. The lowest BCUT2D eigenvalue weighted by Crippen LogP contribution is -2.14. The normalized spacial score (nSPS) is 10.3. The molecular formula is C20H17NO7. The predicted octanol–water partition coefficient (Wildman–Crippen LogP) is 2.31. The van der Waals surface area contributed by atoms with Crippen molar-refractivity contribution in [2.24, 2.45) is 0 Å². The van der Waals surface area contributed by atoms with Crippen LogP contribution in [0.1, 0.15) is 20.7 Å². The number of anilines is 1. The number of benzene rings is 2. The number of methoxy groups -OCH3 is 1. The molecule has 2 aromatic carbocycles. The standard InChI is InChI=1S/C20H17NO7/c1-27-16-4-2-3-14(11-16)17(22)12-28-20(26)13-5-7-15(8-6-13)21-18(23)9-10-19(24)25/h2-11H,12H2,1H3,(H,21,23)(H,24,25). The highest BCUT2D eigenvalue weighted by atomic mass is 16.5. The number of Topliss-reactive ketones (excluding diaryl/α,β-unsaturated/α-hetero) is 1. The van der Waals surface area contributed by atoms with Crippen molar-refractivity contribution in [1.29, 1.82) is 0 Å². The van der Waals surface area contributed by atoms with Crippen molar-refractivity contribution in [3.8, 4) is 5.75 Å². The van der Waals surface area contributed by atoms with Gasteiger partial charge < -0.3 is 19.9 Å². The van der Waals surface area contributed by atoms with Gasteiger partial charge in [0, 0.05) is 23.4 Å². The number of rotatable bonds is 8. The van der Waals surface area contributed by atoms with Gasteiger partial charge in [0.1, 0.15) is 5.75 Å². The molecule has 2 aromatic rings. The molecule has 8 nitrogen and oxygen atoms in total. The Morgan fingerprint density at radius 2 is 1.71 bits per heavy atom. The summed E-state index contributed by atoms with van der Waals surface area (Å²) in [5.41, 5.74) is 0.918. The number of ketones is 1. The van der Waals surface area contributed by atoms with Gasteiger partial charge in [0.25, 0.3) is 0 Å². The fourth-order valence-corrected chi connectivity index (χ4v) is 2.11. The third-order valence-corrected chi connectivity index (χ3v) is 3.49. The van der Waals surface area contributed by atoms with E-state index >= 15 is 0 Å². The van der Waals surface area contributed by atoms with Crippen molar-refractivity contribution < 1.29 is 33.8 Å². The van der Waals surface area contributed by atoms with Crippen LogP contribution in [0.2, 0.25) is 0 Å². The molecule has 0 spiro atoms. The number of carboxylic acids is 1. The van der Waals surface area contributed by atoms with Gasteiger partial charge in [0.2, 0.25) is 5.91 Å². The van der Waals surface area contributed by atoms with Crippen LogP contribution in [0.15, 0.2) is 60.7 Å². The molecule has 0 atom stereocenters. The van der Waals surface area contributed by atoms with E-state index in [-0.39, 0.29) is 11.3 Å². The fourth-order valence-electron chi connectivity index (χ4n) is 2.11. The minimum absolute atomic E-state index is 0.192. The highest BCUT2D eigenvalue weighted by Crippen LogP contribution is 2.14. The fraction of sp³-hybridized carbons (Fsp3) is 0.100. The monoisotopic (exact) mass is 383 g/mol. The molecule has 1 amide bonds. The number of esters is 1. The molecule has 2 N–H and O–H groups in total. The topological polar surface area (TPSA) is 119 Å². The second-order valence-electron chi connectivity index (χ2n) is 5.47. The Kier molecular flexibility index (Phi) is 7.04. The molecule has 0 fully saturated rings. The van der Waals surface area contributed by atoms with Crippen LogP contribution >= 0.6 is 0 Å². The van der Waals surface area contributed by atoms with Gasteiger partial charge in [-0.2, -0.15) is 0 Å². The summed E-state index contributed by atoms with van der Waals surface area (Å²) >= 11 is 0. The van der Waals surface area contributed by atoms with Gasteiger partial charge in [-0.3, -0.25) is 9.59 Å². The van der Waals surface area contributed by atoms with E-state index in [2.05, 4.69) is 5.32 Å². The second-order valence-corrected chi connectivity index (χ2v) is 5.47. The number of carbonyl (C=O) groups excluding carboxylic acids is 3. The van der Waals surface area contributed by atoms with Crippen molar-refractivity contribution >= 4 is 29.3 Å². The van der Waals surface area contributed by atoms with E-state index in [9.17, 15) is 19.2 Å². The number of carboxylic acid groups (broad SMARTS) is 1. The van der Waals surface area contributed by atoms with Gasteiger partial charge in [-0.25, -0.2) is 9.59 Å². The van der Waals surface area contributed by atoms with Crippen LogP contribution in [0.4, 0.5) is 5.69 Å². The second kappa shape index (κ2) is 9.67. The summed E-state index contributed by atoms with van der Waals surface area (Å²) in [5.74, 6) is -2.41. The molecule has 0 aliphatic carbocycles. The first-order valence-electron chi connectivity index (χ1n) is 8.05. The van der Waals surface area contributed by atoms with Crippen molar-refractivity contribution in [2.45, 2.75) is 0 Å². The van der Waals surface area contributed by atoms with E-state index in [1.807, 2.05) is 0 Å². The molecular weight excluding hydrogens is 366 g/mol. The van der Waals surface area contributed by atoms with Crippen LogP contribution in [-0.4, -0.2) is 42.5 Å². The Bertz CT molecular complexity index is 916. The molecule has 0 saturated heterocycles. The molecule has 28 heavy (non-hydrogen) atoms. The Balaban J connectivity index is 1.91. The number of nitrogens with one attached hydrogen (secondary N) is 1. The Morgan fingerprint density at radius 3 is 2.36 bits per heavy atom. The van der Waals surface area contributed by atoms with Gasteiger partial charge in [0.05, 0.1) is 12.7 Å². The first-order valence-corrected chi connectivity index (χ1v) is 8.05. The average Bonchev–Trinajstić information content (AvgIpc) is 2.70. The van der Waals surface area contributed by atoms with Crippen molar-refractivity contribution in [2.75, 3.05) is 19.0 Å². The Labute approximate surface area is 160 Å². The van der Waals surface area contributed by atoms with Gasteiger partial charge in [-0.05, 0) is 36.4 Å². The zero-order valence-electron chi connectivity index (χ0n) is 14.9. The zero-order valence-corrected chi connectivity index (χ0v) is 14.9. The number of ether oxygens (including phenoxy) is 2. The van der Waals surface area contributed by atoms with Gasteiger partial charge in [-0.1, -0.05) is 12.1 Å². The van der Waals surface area contributed by atoms with Gasteiger partial charge in [0.15, 0.2) is 12.4 Å². The summed E-state index contributed by atoms with van der Waals surface area (Å²) in [6, 6.07) is 12.2. The van der Waals surface area contributed by atoms with Crippen molar-refractivity contribution in [3.05, 3.63) is 71.8 Å². The van der Waals surface area contributed by atoms with Crippen molar-refractivity contribution in [3.63, 3.8) is 0 Å². The molecule has 144 valence electrons. The zero-order chi connectivity index (χ0) is 20.5. The Morgan fingerprint density at radius 1 is 1.00 bits per heavy atom. The van der Waals surface area contributed by atoms with E-state index in [0.717, 1.165) is 6.08 Å². The highest BCUT2D eigenvalue weighted by Gasteiger charge is 2.12. The lowest BCUT2D eigenvalue weighted by atomic mass is 10.1. The van der Waals surface area contributed by atoms with Crippen molar-refractivity contribution in [1.82, 2.24) is 0 Å². The summed E-state index contributed by atoms with van der Waals surface area (Å²) in [7, 11) is 1.48. The molecule has 0 radical (unpaired) electrons. The van der Waals surface area contributed by atoms with E-state index in [4.69, 9.17) is 14.6 Å². The van der Waals surface area contributed by atoms with Crippen LogP contribution < -0.4 is 10.1 Å². The molecule has 0 unspecified atom stereocenters. The molecule has 0 bridgehead atoms. The first-order chi connectivity index (χ1) is 13.4. The first kappa shape index (κ1) is 20.4. The molecule has 0 aromatic heterocycles. The molecule has 8 heteroatoms. The van der Waals surface area contributed by atoms with Crippen LogP contribution in [0.5, 0.6) is 5.75 Å². The van der Waals surface area contributed by atoms with Crippen LogP contribution in [-0.2, 0) is 14.3 Å². The smallest absolute Gasteiger partial charge is 0.338 e. The van der Waals surface area contributed by atoms with Crippen LogP contribution in [0, 0.1) is 0 Å². The van der Waals surface area contributed by atoms with Crippen LogP contribution in [0.3, 0.4) is 0 Å². The molecule has 0 heterocycles.